The molecule has 0 spiro atoms. The Bertz CT molecular complexity index is 861. The van der Waals surface area contributed by atoms with Gasteiger partial charge in [-0.2, -0.15) is 5.48 Å². The van der Waals surface area contributed by atoms with Crippen molar-refractivity contribution in [1.29, 1.82) is 0 Å². The molecule has 31 heavy (non-hydrogen) atoms. The third kappa shape index (κ3) is 4.64. The van der Waals surface area contributed by atoms with E-state index < -0.39 is 29.1 Å². The standard InChI is InChI=1S/C21H27ClFN3O5/c1-12-8-16(31-26-12)19(29)25-20-4-6-21(7-5-20,17(27)10-20)24-18(28)11-30-13-2-3-15(23)14(22)9-13/h2-3,9,12,16-17,26-27H,4-8,10-11H2,1H3,(H,24,28)(H,25,29)/t12?,16?,17-,20?,21?/m0/s1. The zero-order chi connectivity index (χ0) is 22.2. The molecule has 3 atom stereocenters. The normalized spacial score (nSPS) is 34.4. The molecule has 2 amide bonds. The molecule has 1 heterocycles. The van der Waals surface area contributed by atoms with Crippen LogP contribution in [0.3, 0.4) is 0 Å². The van der Waals surface area contributed by atoms with Crippen molar-refractivity contribution in [3.05, 3.63) is 29.0 Å². The maximum Gasteiger partial charge on any atom is 0.258 e. The lowest BCUT2D eigenvalue weighted by Crippen LogP contribution is -2.70. The zero-order valence-corrected chi connectivity index (χ0v) is 18.0. The highest BCUT2D eigenvalue weighted by Gasteiger charge is 2.55. The largest absolute Gasteiger partial charge is 0.484 e. The van der Waals surface area contributed by atoms with Crippen molar-refractivity contribution in [2.75, 3.05) is 6.61 Å². The summed E-state index contributed by atoms with van der Waals surface area (Å²) in [6.45, 7) is 1.67. The first-order valence-electron chi connectivity index (χ1n) is 10.5. The average molecular weight is 456 g/mol. The number of ether oxygens (including phenoxy) is 1. The predicted octanol–water partition coefficient (Wildman–Crippen LogP) is 1.59. The van der Waals surface area contributed by atoms with E-state index in [1.807, 2.05) is 6.92 Å². The van der Waals surface area contributed by atoms with Gasteiger partial charge in [0.2, 0.25) is 0 Å². The molecule has 4 fully saturated rings. The number of halogens is 2. The minimum Gasteiger partial charge on any atom is -0.484 e. The van der Waals surface area contributed by atoms with Crippen LogP contribution in [0.2, 0.25) is 5.02 Å². The number of carbonyl (C=O) groups excluding carboxylic acids is 2. The lowest BCUT2D eigenvalue weighted by molar-refractivity contribution is -0.142. The highest BCUT2D eigenvalue weighted by Crippen LogP contribution is 2.47. The van der Waals surface area contributed by atoms with Crippen LogP contribution in [-0.4, -0.2) is 52.9 Å². The summed E-state index contributed by atoms with van der Waals surface area (Å²) >= 11 is 5.72. The summed E-state index contributed by atoms with van der Waals surface area (Å²) in [6, 6.07) is 3.98. The maximum absolute atomic E-state index is 13.2. The minimum absolute atomic E-state index is 0.0851. The number of fused-ring (bicyclic) bond motifs is 3. The molecular weight excluding hydrogens is 429 g/mol. The Balaban J connectivity index is 1.31. The highest BCUT2D eigenvalue weighted by atomic mass is 35.5. The average Bonchev–Trinajstić information content (AvgIpc) is 3.17. The number of hydroxylamine groups is 1. The van der Waals surface area contributed by atoms with Crippen molar-refractivity contribution in [3.63, 3.8) is 0 Å². The molecule has 3 saturated carbocycles. The number of aliphatic hydroxyl groups is 1. The van der Waals surface area contributed by atoms with Gasteiger partial charge >= 0.3 is 0 Å². The van der Waals surface area contributed by atoms with Crippen molar-refractivity contribution in [3.8, 4) is 5.75 Å². The Morgan fingerprint density at radius 3 is 2.68 bits per heavy atom. The number of aliphatic hydroxyl groups excluding tert-OH is 1. The van der Waals surface area contributed by atoms with Crippen LogP contribution >= 0.6 is 11.6 Å². The summed E-state index contributed by atoms with van der Waals surface area (Å²) in [5.41, 5.74) is 1.57. The van der Waals surface area contributed by atoms with Gasteiger partial charge in [0.1, 0.15) is 11.6 Å². The quantitative estimate of drug-likeness (QED) is 0.518. The van der Waals surface area contributed by atoms with Gasteiger partial charge in [-0.05, 0) is 51.2 Å². The van der Waals surface area contributed by atoms with E-state index in [0.717, 1.165) is 0 Å². The molecular formula is C21H27ClFN3O5. The van der Waals surface area contributed by atoms with Crippen LogP contribution in [0, 0.1) is 5.82 Å². The molecule has 3 aliphatic carbocycles. The molecule has 1 aromatic rings. The number of hydrogen-bond acceptors (Lipinski definition) is 6. The fraction of sp³-hybridized carbons (Fsp3) is 0.619. The molecule has 4 N–H and O–H groups in total. The van der Waals surface area contributed by atoms with Crippen molar-refractivity contribution < 1.29 is 28.7 Å². The zero-order valence-electron chi connectivity index (χ0n) is 17.2. The van der Waals surface area contributed by atoms with E-state index in [1.54, 1.807) is 0 Å². The Kier molecular flexibility index (Phi) is 6.13. The Hall–Kier alpha value is -1.94. The first kappa shape index (κ1) is 22.3. The molecule has 2 unspecified atom stereocenters. The van der Waals surface area contributed by atoms with E-state index in [4.69, 9.17) is 21.2 Å². The number of carbonyl (C=O) groups is 2. The summed E-state index contributed by atoms with van der Waals surface area (Å²) < 4.78 is 18.6. The molecule has 170 valence electrons. The minimum atomic E-state index is -0.791. The number of nitrogens with one attached hydrogen (secondary N) is 3. The molecule has 10 heteroatoms. The summed E-state index contributed by atoms with van der Waals surface area (Å²) in [5.74, 6) is -0.830. The Labute approximate surface area is 184 Å². The molecule has 4 aliphatic rings. The van der Waals surface area contributed by atoms with Gasteiger partial charge in [0.05, 0.1) is 16.7 Å². The lowest BCUT2D eigenvalue weighted by Gasteiger charge is -2.56. The number of benzene rings is 1. The third-order valence-corrected chi connectivity index (χ3v) is 6.92. The van der Waals surface area contributed by atoms with Crippen LogP contribution in [0.5, 0.6) is 5.75 Å². The highest BCUT2D eigenvalue weighted by molar-refractivity contribution is 6.30. The second kappa shape index (κ2) is 8.54. The van der Waals surface area contributed by atoms with Crippen LogP contribution in [-0.2, 0) is 14.4 Å². The van der Waals surface area contributed by atoms with Gasteiger partial charge in [-0.3, -0.25) is 14.4 Å². The topological polar surface area (TPSA) is 109 Å². The van der Waals surface area contributed by atoms with Crippen LogP contribution in [0.15, 0.2) is 18.2 Å². The fourth-order valence-electron chi connectivity index (χ4n) is 4.81. The van der Waals surface area contributed by atoms with E-state index in [0.29, 0.717) is 38.5 Å². The first-order chi connectivity index (χ1) is 14.7. The molecule has 5 rings (SSSR count). The second-order valence-corrected chi connectivity index (χ2v) is 9.33. The molecule has 2 bridgehead atoms. The molecule has 1 aliphatic heterocycles. The van der Waals surface area contributed by atoms with Crippen LogP contribution < -0.4 is 20.9 Å². The number of rotatable bonds is 6. The van der Waals surface area contributed by atoms with Gasteiger partial charge in [0.15, 0.2) is 12.7 Å². The van der Waals surface area contributed by atoms with Crippen molar-refractivity contribution in [2.45, 2.75) is 74.8 Å². The first-order valence-corrected chi connectivity index (χ1v) is 10.9. The smallest absolute Gasteiger partial charge is 0.258 e. The van der Waals surface area contributed by atoms with E-state index in [2.05, 4.69) is 16.1 Å². The molecule has 1 saturated heterocycles. The lowest BCUT2D eigenvalue weighted by atomic mass is 9.60. The maximum atomic E-state index is 13.2. The predicted molar refractivity (Wildman–Crippen MR) is 110 cm³/mol. The van der Waals surface area contributed by atoms with Gasteiger partial charge < -0.3 is 20.5 Å². The summed E-state index contributed by atoms with van der Waals surface area (Å²) in [4.78, 5) is 30.4. The number of amides is 2. The molecule has 0 radical (unpaired) electrons. The molecule has 8 nitrogen and oxygen atoms in total. The van der Waals surface area contributed by atoms with E-state index >= 15 is 0 Å². The van der Waals surface area contributed by atoms with E-state index in [9.17, 15) is 19.1 Å². The van der Waals surface area contributed by atoms with Gasteiger partial charge in [-0.1, -0.05) is 11.6 Å². The van der Waals surface area contributed by atoms with Gasteiger partial charge in [0.25, 0.3) is 11.8 Å². The van der Waals surface area contributed by atoms with E-state index in [-0.39, 0.29) is 35.2 Å². The van der Waals surface area contributed by atoms with Crippen LogP contribution in [0.1, 0.15) is 45.4 Å². The van der Waals surface area contributed by atoms with Gasteiger partial charge in [0, 0.05) is 24.1 Å². The monoisotopic (exact) mass is 455 g/mol. The third-order valence-electron chi connectivity index (χ3n) is 6.63. The van der Waals surface area contributed by atoms with Crippen molar-refractivity contribution in [2.24, 2.45) is 0 Å². The van der Waals surface area contributed by atoms with Crippen LogP contribution in [0.25, 0.3) is 0 Å². The Morgan fingerprint density at radius 2 is 2.06 bits per heavy atom. The molecule has 1 aromatic carbocycles. The van der Waals surface area contributed by atoms with Crippen LogP contribution in [0.4, 0.5) is 4.39 Å². The van der Waals surface area contributed by atoms with Gasteiger partial charge in [-0.25, -0.2) is 4.39 Å². The van der Waals surface area contributed by atoms with Crippen molar-refractivity contribution >= 4 is 23.4 Å². The Morgan fingerprint density at radius 1 is 1.32 bits per heavy atom. The second-order valence-electron chi connectivity index (χ2n) is 8.92. The SMILES string of the molecule is CC1CC(C(=O)NC23CCC(NC(=O)COc4ccc(F)c(Cl)c4)(CC2)[C@@H](O)C3)ON1. The van der Waals surface area contributed by atoms with Gasteiger partial charge in [-0.15, -0.1) is 0 Å². The summed E-state index contributed by atoms with van der Waals surface area (Å²) in [6.07, 6.45) is 2.03. The molecule has 0 aromatic heterocycles. The number of hydrogen-bond donors (Lipinski definition) is 4. The summed E-state index contributed by atoms with van der Waals surface area (Å²) in [5, 5.41) is 16.8. The van der Waals surface area contributed by atoms with E-state index in [1.165, 1.54) is 18.2 Å². The fourth-order valence-corrected chi connectivity index (χ4v) is 4.98. The van der Waals surface area contributed by atoms with Crippen molar-refractivity contribution in [1.82, 2.24) is 16.1 Å². The summed E-state index contributed by atoms with van der Waals surface area (Å²) in [7, 11) is 0.